The summed E-state index contributed by atoms with van der Waals surface area (Å²) in [6.07, 6.45) is 0.111. The molecule has 1 aromatic carbocycles. The Morgan fingerprint density at radius 1 is 1.47 bits per heavy atom. The van der Waals surface area contributed by atoms with Crippen molar-refractivity contribution in [3.8, 4) is 0 Å². The van der Waals surface area contributed by atoms with E-state index in [-0.39, 0.29) is 18.0 Å². The number of carbonyl (C=O) groups is 1. The molecule has 1 aromatic rings. The van der Waals surface area contributed by atoms with E-state index >= 15 is 0 Å². The van der Waals surface area contributed by atoms with Crippen molar-refractivity contribution in [3.05, 3.63) is 35.4 Å². The molecule has 0 amide bonds. The Hall–Kier alpha value is -1.33. The monoisotopic (exact) mass is 241 g/mol. The summed E-state index contributed by atoms with van der Waals surface area (Å²) in [6.45, 7) is 1.70. The molecule has 2 rings (SSSR count). The molecule has 1 fully saturated rings. The molecule has 17 heavy (non-hydrogen) atoms. The molecule has 0 spiro atoms. The first kappa shape index (κ1) is 12.1. The minimum atomic E-state index is -1.07. The fraction of sp³-hybridized carbons (Fsp3) is 0.417. The third-order valence-corrected chi connectivity index (χ3v) is 2.68. The second kappa shape index (κ2) is 5.33. The van der Waals surface area contributed by atoms with E-state index in [1.807, 2.05) is 0 Å². The Labute approximate surface area is 97.8 Å². The first-order chi connectivity index (χ1) is 8.18. The summed E-state index contributed by atoms with van der Waals surface area (Å²) in [7, 11) is 0. The molecule has 1 atom stereocenters. The molecule has 0 saturated carbocycles. The van der Waals surface area contributed by atoms with Gasteiger partial charge in [-0.3, -0.25) is 4.79 Å². The average molecular weight is 241 g/mol. The molecule has 1 N–H and O–H groups in total. The second-order valence-corrected chi connectivity index (χ2v) is 3.95. The fourth-order valence-electron chi connectivity index (χ4n) is 1.80. The van der Waals surface area contributed by atoms with Crippen LogP contribution in [0.1, 0.15) is 16.8 Å². The Morgan fingerprint density at radius 2 is 2.29 bits per heavy atom. The average Bonchev–Trinajstić information content (AvgIpc) is 2.34. The van der Waals surface area contributed by atoms with E-state index in [1.54, 1.807) is 0 Å². The molecule has 1 aliphatic rings. The molecule has 0 radical (unpaired) electrons. The first-order valence-corrected chi connectivity index (χ1v) is 5.47. The smallest absolute Gasteiger partial charge is 0.169 e. The van der Waals surface area contributed by atoms with E-state index in [9.17, 15) is 13.6 Å². The maximum absolute atomic E-state index is 13.4. The minimum Gasteiger partial charge on any atom is -0.378 e. The number of Topliss-reactive ketones (excluding diaryl/α,β-unsaturated/α-hetero) is 1. The normalized spacial score (nSPS) is 20.2. The molecule has 5 heteroatoms. The molecule has 92 valence electrons. The summed E-state index contributed by atoms with van der Waals surface area (Å²) >= 11 is 0. The lowest BCUT2D eigenvalue weighted by Gasteiger charge is -2.23. The van der Waals surface area contributed by atoms with Crippen molar-refractivity contribution in [2.24, 2.45) is 0 Å². The minimum absolute atomic E-state index is 0.111. The van der Waals surface area contributed by atoms with Crippen molar-refractivity contribution in [1.82, 2.24) is 5.32 Å². The predicted molar refractivity (Wildman–Crippen MR) is 57.9 cm³/mol. The molecular weight excluding hydrogens is 228 g/mol. The standard InChI is InChI=1S/C12H13F2NO2/c13-10-3-1-2-9(12(10)14)11(16)6-8-7-17-5-4-15-8/h1-3,8,15H,4-7H2. The number of rotatable bonds is 3. The van der Waals surface area contributed by atoms with Crippen molar-refractivity contribution in [3.63, 3.8) is 0 Å². The maximum atomic E-state index is 13.4. The molecule has 1 saturated heterocycles. The fourth-order valence-corrected chi connectivity index (χ4v) is 1.80. The summed E-state index contributed by atoms with van der Waals surface area (Å²) in [6, 6.07) is 3.49. The zero-order valence-electron chi connectivity index (χ0n) is 9.21. The number of hydrogen-bond acceptors (Lipinski definition) is 3. The van der Waals surface area contributed by atoms with E-state index in [0.29, 0.717) is 19.8 Å². The third-order valence-electron chi connectivity index (χ3n) is 2.68. The van der Waals surface area contributed by atoms with Gasteiger partial charge in [0.05, 0.1) is 18.8 Å². The quantitative estimate of drug-likeness (QED) is 0.815. The Morgan fingerprint density at radius 3 is 3.00 bits per heavy atom. The Balaban J connectivity index is 2.06. The number of morpholine rings is 1. The van der Waals surface area contributed by atoms with Crippen LogP contribution in [0.2, 0.25) is 0 Å². The molecule has 0 aliphatic carbocycles. The molecule has 3 nitrogen and oxygen atoms in total. The van der Waals surface area contributed by atoms with Gasteiger partial charge in [-0.15, -0.1) is 0 Å². The lowest BCUT2D eigenvalue weighted by molar-refractivity contribution is 0.0674. The van der Waals surface area contributed by atoms with Crippen molar-refractivity contribution in [1.29, 1.82) is 0 Å². The van der Waals surface area contributed by atoms with Gasteiger partial charge >= 0.3 is 0 Å². The number of ketones is 1. The van der Waals surface area contributed by atoms with Gasteiger partial charge in [-0.25, -0.2) is 8.78 Å². The lowest BCUT2D eigenvalue weighted by Crippen LogP contribution is -2.42. The molecular formula is C12H13F2NO2. The number of benzene rings is 1. The van der Waals surface area contributed by atoms with Crippen LogP contribution >= 0.6 is 0 Å². The lowest BCUT2D eigenvalue weighted by atomic mass is 10.0. The highest BCUT2D eigenvalue weighted by molar-refractivity contribution is 5.96. The Kier molecular flexibility index (Phi) is 3.81. The van der Waals surface area contributed by atoms with Crippen molar-refractivity contribution in [2.45, 2.75) is 12.5 Å². The Bertz CT molecular complexity index is 417. The predicted octanol–water partition coefficient (Wildman–Crippen LogP) is 1.53. The first-order valence-electron chi connectivity index (χ1n) is 5.47. The zero-order valence-corrected chi connectivity index (χ0v) is 9.21. The van der Waals surface area contributed by atoms with Gasteiger partial charge < -0.3 is 10.1 Å². The highest BCUT2D eigenvalue weighted by atomic mass is 19.2. The van der Waals surface area contributed by atoms with Gasteiger partial charge in [0.15, 0.2) is 17.4 Å². The maximum Gasteiger partial charge on any atom is 0.169 e. The van der Waals surface area contributed by atoms with Crippen LogP contribution in [0.15, 0.2) is 18.2 Å². The topological polar surface area (TPSA) is 38.3 Å². The van der Waals surface area contributed by atoms with E-state index in [4.69, 9.17) is 4.74 Å². The third kappa shape index (κ3) is 2.87. The molecule has 0 aromatic heterocycles. The summed E-state index contributed by atoms with van der Waals surface area (Å²) in [4.78, 5) is 11.8. The van der Waals surface area contributed by atoms with Gasteiger partial charge in [0.1, 0.15) is 0 Å². The van der Waals surface area contributed by atoms with E-state index in [1.165, 1.54) is 12.1 Å². The highest BCUT2D eigenvalue weighted by Crippen LogP contribution is 2.14. The van der Waals surface area contributed by atoms with Gasteiger partial charge in [-0.05, 0) is 12.1 Å². The summed E-state index contributed by atoms with van der Waals surface area (Å²) in [5.74, 6) is -2.48. The van der Waals surface area contributed by atoms with Crippen molar-refractivity contribution in [2.75, 3.05) is 19.8 Å². The molecule has 1 unspecified atom stereocenters. The van der Waals surface area contributed by atoms with Gasteiger partial charge in [0.2, 0.25) is 0 Å². The van der Waals surface area contributed by atoms with Gasteiger partial charge in [-0.2, -0.15) is 0 Å². The van der Waals surface area contributed by atoms with Crippen LogP contribution in [0.25, 0.3) is 0 Å². The van der Waals surface area contributed by atoms with Crippen LogP contribution in [0.5, 0.6) is 0 Å². The van der Waals surface area contributed by atoms with Gasteiger partial charge in [0, 0.05) is 19.0 Å². The SMILES string of the molecule is O=C(CC1COCCN1)c1cccc(F)c1F. The number of ether oxygens (including phenoxy) is 1. The summed E-state index contributed by atoms with van der Waals surface area (Å²) in [5, 5.41) is 3.09. The highest BCUT2D eigenvalue weighted by Gasteiger charge is 2.21. The second-order valence-electron chi connectivity index (χ2n) is 3.95. The van der Waals surface area contributed by atoms with Crippen molar-refractivity contribution < 1.29 is 18.3 Å². The number of nitrogens with one attached hydrogen (secondary N) is 1. The number of halogens is 2. The van der Waals surface area contributed by atoms with Gasteiger partial charge in [0.25, 0.3) is 0 Å². The number of carbonyl (C=O) groups excluding carboxylic acids is 1. The summed E-state index contributed by atoms with van der Waals surface area (Å²) in [5.41, 5.74) is -0.197. The van der Waals surface area contributed by atoms with E-state index in [2.05, 4.69) is 5.32 Å². The van der Waals surface area contributed by atoms with Gasteiger partial charge in [-0.1, -0.05) is 6.07 Å². The van der Waals surface area contributed by atoms with Crippen LogP contribution in [0.4, 0.5) is 8.78 Å². The largest absolute Gasteiger partial charge is 0.378 e. The zero-order chi connectivity index (χ0) is 12.3. The van der Waals surface area contributed by atoms with Crippen LogP contribution in [-0.2, 0) is 4.74 Å². The number of hydrogen-bond donors (Lipinski definition) is 1. The molecule has 0 bridgehead atoms. The van der Waals surface area contributed by atoms with E-state index < -0.39 is 17.4 Å². The van der Waals surface area contributed by atoms with Crippen LogP contribution in [-0.4, -0.2) is 31.6 Å². The molecule has 1 heterocycles. The van der Waals surface area contributed by atoms with Crippen LogP contribution in [0.3, 0.4) is 0 Å². The molecule has 1 aliphatic heterocycles. The van der Waals surface area contributed by atoms with Crippen LogP contribution < -0.4 is 5.32 Å². The van der Waals surface area contributed by atoms with Crippen LogP contribution in [0, 0.1) is 11.6 Å². The van der Waals surface area contributed by atoms with E-state index in [0.717, 1.165) is 6.07 Å². The van der Waals surface area contributed by atoms with Crippen molar-refractivity contribution >= 4 is 5.78 Å². The summed E-state index contributed by atoms with van der Waals surface area (Å²) < 4.78 is 31.5.